The predicted molar refractivity (Wildman–Crippen MR) is 78.6 cm³/mol. The number of hydrogen-bond donors (Lipinski definition) is 1. The Bertz CT molecular complexity index is 649. The Labute approximate surface area is 126 Å². The lowest BCUT2D eigenvalue weighted by Gasteiger charge is -2.42. The molecule has 0 radical (unpaired) electrons. The van der Waals surface area contributed by atoms with Gasteiger partial charge in [-0.25, -0.2) is 0 Å². The van der Waals surface area contributed by atoms with Crippen molar-refractivity contribution in [2.24, 2.45) is 5.41 Å². The van der Waals surface area contributed by atoms with Gasteiger partial charge in [-0.05, 0) is 30.1 Å². The molecule has 6 nitrogen and oxygen atoms in total. The fourth-order valence-corrected chi connectivity index (χ4v) is 3.33. The molecule has 0 spiro atoms. The first-order chi connectivity index (χ1) is 9.97. The summed E-state index contributed by atoms with van der Waals surface area (Å²) in [4.78, 5) is 36.1. The number of nitro benzene ring substituents is 1. The van der Waals surface area contributed by atoms with Gasteiger partial charge >= 0.3 is 0 Å². The fraction of sp³-hybridized carbons (Fsp3) is 0.429. The number of carbonyl (C=O) groups excluding carboxylic acids is 2. The molecule has 1 heterocycles. The van der Waals surface area contributed by atoms with E-state index in [4.69, 9.17) is 0 Å². The molecule has 1 saturated carbocycles. The van der Waals surface area contributed by atoms with E-state index in [9.17, 15) is 19.7 Å². The van der Waals surface area contributed by atoms with Crippen LogP contribution in [-0.4, -0.2) is 33.9 Å². The summed E-state index contributed by atoms with van der Waals surface area (Å²) in [5, 5.41) is 10.8. The van der Waals surface area contributed by atoms with E-state index < -0.39 is 10.8 Å². The lowest BCUT2D eigenvalue weighted by atomic mass is 9.70. The monoisotopic (exact) mass is 306 g/mol. The van der Waals surface area contributed by atoms with E-state index >= 15 is 0 Å². The average molecular weight is 306 g/mol. The maximum absolute atomic E-state index is 12.4. The third kappa shape index (κ3) is 2.12. The van der Waals surface area contributed by atoms with Gasteiger partial charge in [0, 0.05) is 18.7 Å². The molecule has 110 valence electrons. The summed E-state index contributed by atoms with van der Waals surface area (Å²) in [6, 6.07) is 3.80. The zero-order valence-corrected chi connectivity index (χ0v) is 12.1. The van der Waals surface area contributed by atoms with Gasteiger partial charge in [-0.15, -0.1) is 0 Å². The van der Waals surface area contributed by atoms with E-state index in [1.165, 1.54) is 23.1 Å². The summed E-state index contributed by atoms with van der Waals surface area (Å²) in [5.41, 5.74) is 0.106. The third-order valence-corrected chi connectivity index (χ3v) is 5.08. The van der Waals surface area contributed by atoms with Crippen LogP contribution in [0.4, 0.5) is 5.69 Å². The van der Waals surface area contributed by atoms with Crippen LogP contribution >= 0.6 is 12.6 Å². The number of rotatable bonds is 4. The number of imide groups is 1. The largest absolute Gasteiger partial charge is 0.274 e. The van der Waals surface area contributed by atoms with E-state index in [0.717, 1.165) is 19.3 Å². The van der Waals surface area contributed by atoms with Crippen molar-refractivity contribution in [3.63, 3.8) is 0 Å². The second kappa shape index (κ2) is 4.84. The van der Waals surface area contributed by atoms with E-state index in [1.807, 2.05) is 0 Å². The van der Waals surface area contributed by atoms with Gasteiger partial charge in [0.2, 0.25) is 0 Å². The Morgan fingerprint density at radius 1 is 1.24 bits per heavy atom. The molecule has 2 aliphatic rings. The number of nitrogens with zero attached hydrogens (tertiary/aromatic N) is 2. The maximum atomic E-state index is 12.4. The summed E-state index contributed by atoms with van der Waals surface area (Å²) >= 11 is 4.33. The summed E-state index contributed by atoms with van der Waals surface area (Å²) in [6.45, 7) is 0.344. The molecule has 0 atom stereocenters. The number of non-ortho nitro benzene ring substituents is 1. The number of hydrogen-bond acceptors (Lipinski definition) is 5. The van der Waals surface area contributed by atoms with Gasteiger partial charge in [0.25, 0.3) is 17.5 Å². The molecule has 0 saturated heterocycles. The lowest BCUT2D eigenvalue weighted by molar-refractivity contribution is -0.384. The van der Waals surface area contributed by atoms with Crippen LogP contribution in [-0.2, 0) is 0 Å². The van der Waals surface area contributed by atoms with Crippen molar-refractivity contribution >= 4 is 30.1 Å². The molecular formula is C14H14N2O4S. The molecule has 0 unspecified atom stereocenters. The second-order valence-corrected chi connectivity index (χ2v) is 6.01. The van der Waals surface area contributed by atoms with Gasteiger partial charge in [-0.1, -0.05) is 6.42 Å². The van der Waals surface area contributed by atoms with Crippen LogP contribution in [0, 0.1) is 15.5 Å². The van der Waals surface area contributed by atoms with Crippen molar-refractivity contribution in [2.75, 3.05) is 12.3 Å². The minimum absolute atomic E-state index is 0.0948. The standard InChI is InChI=1S/C14H14N2O4S/c17-12-10-3-2-9(16(19)20)6-11(10)13(18)15(12)7-14(8-21)4-1-5-14/h2-3,6,21H,1,4-5,7-8H2. The fourth-order valence-electron chi connectivity index (χ4n) is 2.91. The Kier molecular flexibility index (Phi) is 3.24. The predicted octanol–water partition coefficient (Wildman–Crippen LogP) is 2.29. The molecule has 7 heteroatoms. The van der Waals surface area contributed by atoms with E-state index in [1.54, 1.807) is 0 Å². The quantitative estimate of drug-likeness (QED) is 0.400. The van der Waals surface area contributed by atoms with E-state index in [0.29, 0.717) is 12.3 Å². The van der Waals surface area contributed by atoms with Crippen molar-refractivity contribution in [3.8, 4) is 0 Å². The summed E-state index contributed by atoms with van der Waals surface area (Å²) in [6.07, 6.45) is 2.98. The SMILES string of the molecule is O=C1c2ccc([N+](=O)[O-])cc2C(=O)N1CC1(CS)CCC1. The highest BCUT2D eigenvalue weighted by molar-refractivity contribution is 7.80. The van der Waals surface area contributed by atoms with Gasteiger partial charge < -0.3 is 0 Å². The normalized spacial score (nSPS) is 19.4. The molecule has 1 aromatic carbocycles. The topological polar surface area (TPSA) is 80.5 Å². The minimum atomic E-state index is -0.568. The average Bonchev–Trinajstić information content (AvgIpc) is 2.66. The Morgan fingerprint density at radius 2 is 1.90 bits per heavy atom. The van der Waals surface area contributed by atoms with Gasteiger partial charge in [-0.3, -0.25) is 24.6 Å². The van der Waals surface area contributed by atoms with Crippen molar-refractivity contribution in [1.82, 2.24) is 4.90 Å². The number of carbonyl (C=O) groups is 2. The number of nitro groups is 1. The zero-order chi connectivity index (χ0) is 15.2. The summed E-state index contributed by atoms with van der Waals surface area (Å²) in [7, 11) is 0. The van der Waals surface area contributed by atoms with Crippen LogP contribution in [0.25, 0.3) is 0 Å². The molecule has 21 heavy (non-hydrogen) atoms. The summed E-state index contributed by atoms with van der Waals surface area (Å²) < 4.78 is 0. The van der Waals surface area contributed by atoms with Crippen molar-refractivity contribution in [2.45, 2.75) is 19.3 Å². The zero-order valence-electron chi connectivity index (χ0n) is 11.2. The number of thiol groups is 1. The first-order valence-electron chi connectivity index (χ1n) is 6.73. The van der Waals surface area contributed by atoms with Crippen molar-refractivity contribution in [3.05, 3.63) is 39.4 Å². The van der Waals surface area contributed by atoms with Gasteiger partial charge in [0.1, 0.15) is 0 Å². The number of amides is 2. The molecular weight excluding hydrogens is 292 g/mol. The van der Waals surface area contributed by atoms with Crippen LogP contribution in [0.2, 0.25) is 0 Å². The molecule has 0 aromatic heterocycles. The van der Waals surface area contributed by atoms with Crippen LogP contribution in [0.5, 0.6) is 0 Å². The molecule has 0 bridgehead atoms. The molecule has 3 rings (SSSR count). The van der Waals surface area contributed by atoms with Gasteiger partial charge in [0.15, 0.2) is 0 Å². The van der Waals surface area contributed by atoms with Crippen molar-refractivity contribution in [1.29, 1.82) is 0 Å². The van der Waals surface area contributed by atoms with Crippen LogP contribution in [0.15, 0.2) is 18.2 Å². The van der Waals surface area contributed by atoms with E-state index in [2.05, 4.69) is 12.6 Å². The number of fused-ring (bicyclic) bond motifs is 1. The second-order valence-electron chi connectivity index (χ2n) is 5.70. The summed E-state index contributed by atoms with van der Waals surface area (Å²) in [5.74, 6) is -0.176. The first kappa shape index (κ1) is 14.1. The van der Waals surface area contributed by atoms with Crippen LogP contribution in [0.3, 0.4) is 0 Å². The Morgan fingerprint density at radius 3 is 2.43 bits per heavy atom. The Hall–Kier alpha value is -1.89. The highest BCUT2D eigenvalue weighted by Crippen LogP contribution is 2.43. The molecule has 2 amide bonds. The van der Waals surface area contributed by atoms with Crippen LogP contribution < -0.4 is 0 Å². The molecule has 1 aliphatic heterocycles. The molecule has 0 N–H and O–H groups in total. The van der Waals surface area contributed by atoms with Crippen LogP contribution in [0.1, 0.15) is 40.0 Å². The van der Waals surface area contributed by atoms with Gasteiger partial charge in [0.05, 0.1) is 16.1 Å². The first-order valence-corrected chi connectivity index (χ1v) is 7.36. The molecule has 1 aliphatic carbocycles. The third-order valence-electron chi connectivity index (χ3n) is 4.41. The van der Waals surface area contributed by atoms with Crippen molar-refractivity contribution < 1.29 is 14.5 Å². The van der Waals surface area contributed by atoms with E-state index in [-0.39, 0.29) is 28.1 Å². The Balaban J connectivity index is 1.91. The lowest BCUT2D eigenvalue weighted by Crippen LogP contribution is -2.45. The van der Waals surface area contributed by atoms with Gasteiger partial charge in [-0.2, -0.15) is 12.6 Å². The highest BCUT2D eigenvalue weighted by Gasteiger charge is 2.44. The highest BCUT2D eigenvalue weighted by atomic mass is 32.1. The molecule has 1 aromatic rings. The number of benzene rings is 1. The smallest absolute Gasteiger partial charge is 0.270 e. The maximum Gasteiger partial charge on any atom is 0.270 e. The minimum Gasteiger partial charge on any atom is -0.274 e. The molecule has 1 fully saturated rings.